The maximum atomic E-state index is 13.0. The molecule has 21 heavy (non-hydrogen) atoms. The normalized spacial score (nSPS) is 10.4. The number of thiophene rings is 1. The molecule has 2 N–H and O–H groups in total. The molecular weight excluding hydrogens is 320 g/mol. The van der Waals surface area contributed by atoms with Crippen LogP contribution in [0.25, 0.3) is 0 Å². The van der Waals surface area contributed by atoms with Crippen molar-refractivity contribution in [1.29, 1.82) is 0 Å². The second-order valence-electron chi connectivity index (χ2n) is 3.88. The van der Waals surface area contributed by atoms with Crippen LogP contribution < -0.4 is 5.32 Å². The Morgan fingerprint density at radius 1 is 1.24 bits per heavy atom. The molecule has 8 heteroatoms. The molecule has 1 heterocycles. The van der Waals surface area contributed by atoms with Gasteiger partial charge in [-0.3, -0.25) is 4.79 Å². The van der Waals surface area contributed by atoms with Gasteiger partial charge >= 0.3 is 5.97 Å². The van der Waals surface area contributed by atoms with Gasteiger partial charge in [0.15, 0.2) is 11.6 Å². The van der Waals surface area contributed by atoms with E-state index in [1.807, 2.05) is 0 Å². The third-order valence-electron chi connectivity index (χ3n) is 2.39. The van der Waals surface area contributed by atoms with Gasteiger partial charge in [0.1, 0.15) is 4.88 Å². The Hall–Kier alpha value is -1.93. The summed E-state index contributed by atoms with van der Waals surface area (Å²) in [6.07, 6.45) is 0. The molecule has 0 spiro atoms. The quantitative estimate of drug-likeness (QED) is 0.825. The minimum absolute atomic E-state index is 0.0417. The number of amides is 1. The summed E-state index contributed by atoms with van der Waals surface area (Å²) in [6, 6.07) is 4.84. The number of carboxylic acid groups (broad SMARTS) is 1. The molecular formula is C13H9F2NO3S2. The highest BCUT2D eigenvalue weighted by atomic mass is 32.2. The minimum Gasteiger partial charge on any atom is -0.477 e. The molecule has 0 aliphatic rings. The summed E-state index contributed by atoms with van der Waals surface area (Å²) in [7, 11) is 0. The fraction of sp³-hybridized carbons (Fsp3) is 0.0769. The van der Waals surface area contributed by atoms with Crippen molar-refractivity contribution in [3.63, 3.8) is 0 Å². The number of anilines is 1. The van der Waals surface area contributed by atoms with Crippen molar-refractivity contribution < 1.29 is 23.5 Å². The van der Waals surface area contributed by atoms with Crippen LogP contribution in [0.5, 0.6) is 0 Å². The largest absolute Gasteiger partial charge is 0.477 e. The first kappa shape index (κ1) is 15.5. The summed E-state index contributed by atoms with van der Waals surface area (Å²) in [6.45, 7) is 0. The Balaban J connectivity index is 1.94. The number of carbonyl (C=O) groups is 2. The van der Waals surface area contributed by atoms with Gasteiger partial charge in [-0.05, 0) is 29.6 Å². The van der Waals surface area contributed by atoms with Crippen LogP contribution in [-0.2, 0) is 4.79 Å². The fourth-order valence-corrected chi connectivity index (χ4v) is 2.88. The molecule has 0 aliphatic heterocycles. The Kier molecular flexibility index (Phi) is 4.92. The zero-order valence-electron chi connectivity index (χ0n) is 10.4. The van der Waals surface area contributed by atoms with Crippen LogP contribution >= 0.6 is 23.1 Å². The third kappa shape index (κ3) is 4.02. The third-order valence-corrected chi connectivity index (χ3v) is 4.29. The van der Waals surface area contributed by atoms with E-state index in [4.69, 9.17) is 5.11 Å². The molecule has 0 radical (unpaired) electrons. The molecule has 0 unspecified atom stereocenters. The van der Waals surface area contributed by atoms with E-state index in [0.717, 1.165) is 35.2 Å². The molecule has 0 aliphatic carbocycles. The highest BCUT2D eigenvalue weighted by molar-refractivity contribution is 8.00. The molecule has 2 aromatic rings. The van der Waals surface area contributed by atoms with E-state index in [2.05, 4.69) is 5.32 Å². The van der Waals surface area contributed by atoms with Gasteiger partial charge in [-0.25, -0.2) is 13.6 Å². The van der Waals surface area contributed by atoms with Crippen LogP contribution in [0.2, 0.25) is 0 Å². The summed E-state index contributed by atoms with van der Waals surface area (Å²) in [5.41, 5.74) is 0.225. The number of halogens is 2. The van der Waals surface area contributed by atoms with Crippen LogP contribution in [0.3, 0.4) is 0 Å². The van der Waals surface area contributed by atoms with Gasteiger partial charge in [-0.15, -0.1) is 23.1 Å². The lowest BCUT2D eigenvalue weighted by molar-refractivity contribution is -0.113. The van der Waals surface area contributed by atoms with Gasteiger partial charge in [-0.1, -0.05) is 0 Å². The summed E-state index contributed by atoms with van der Waals surface area (Å²) in [4.78, 5) is 23.1. The first-order chi connectivity index (χ1) is 9.97. The van der Waals surface area contributed by atoms with Crippen LogP contribution in [0.1, 0.15) is 9.67 Å². The van der Waals surface area contributed by atoms with Gasteiger partial charge in [0.2, 0.25) is 5.91 Å². The van der Waals surface area contributed by atoms with E-state index in [1.165, 1.54) is 12.1 Å². The Labute approximate surface area is 126 Å². The van der Waals surface area contributed by atoms with Crippen LogP contribution in [-0.4, -0.2) is 22.7 Å². The van der Waals surface area contributed by atoms with E-state index < -0.39 is 23.5 Å². The molecule has 4 nitrogen and oxygen atoms in total. The summed E-state index contributed by atoms with van der Waals surface area (Å²) in [5.74, 6) is -3.52. The number of benzene rings is 1. The van der Waals surface area contributed by atoms with Crippen molar-refractivity contribution in [3.05, 3.63) is 46.2 Å². The summed E-state index contributed by atoms with van der Waals surface area (Å²) < 4.78 is 25.7. The van der Waals surface area contributed by atoms with Crippen molar-refractivity contribution in [2.45, 2.75) is 4.90 Å². The number of hydrogen-bond donors (Lipinski definition) is 2. The molecule has 0 atom stereocenters. The molecule has 110 valence electrons. The molecule has 0 saturated carbocycles. The van der Waals surface area contributed by atoms with Gasteiger partial charge in [0.05, 0.1) is 11.4 Å². The predicted octanol–water partition coefficient (Wildman–Crippen LogP) is 3.46. The van der Waals surface area contributed by atoms with Gasteiger partial charge in [0, 0.05) is 4.90 Å². The fourth-order valence-electron chi connectivity index (χ4n) is 1.48. The maximum absolute atomic E-state index is 13.0. The van der Waals surface area contributed by atoms with Crippen LogP contribution in [0.15, 0.2) is 34.5 Å². The predicted molar refractivity (Wildman–Crippen MR) is 77.0 cm³/mol. The maximum Gasteiger partial charge on any atom is 0.348 e. The first-order valence-corrected chi connectivity index (χ1v) is 7.52. The number of carbonyl (C=O) groups excluding carboxylic acids is 1. The average Bonchev–Trinajstić information content (AvgIpc) is 2.88. The van der Waals surface area contributed by atoms with Gasteiger partial charge < -0.3 is 10.4 Å². The SMILES string of the molecule is O=C(CSc1ccc(F)c(F)c1)Nc1ccsc1C(=O)O. The summed E-state index contributed by atoms with van der Waals surface area (Å²) >= 11 is 2.03. The monoisotopic (exact) mass is 329 g/mol. The number of rotatable bonds is 5. The molecule has 0 bridgehead atoms. The lowest BCUT2D eigenvalue weighted by atomic mass is 10.3. The second kappa shape index (κ2) is 6.68. The molecule has 0 saturated heterocycles. The number of aromatic carboxylic acids is 1. The smallest absolute Gasteiger partial charge is 0.348 e. The van der Waals surface area contributed by atoms with Crippen molar-refractivity contribution in [1.82, 2.24) is 0 Å². The molecule has 1 aromatic heterocycles. The molecule has 1 amide bonds. The molecule has 1 aromatic carbocycles. The molecule has 2 rings (SSSR count). The summed E-state index contributed by atoms with van der Waals surface area (Å²) in [5, 5.41) is 12.9. The Bertz CT molecular complexity index is 688. The van der Waals surface area contributed by atoms with Crippen molar-refractivity contribution in [3.8, 4) is 0 Å². The highest BCUT2D eigenvalue weighted by Crippen LogP contribution is 2.24. The number of hydrogen-bond acceptors (Lipinski definition) is 4. The number of carboxylic acids is 1. The van der Waals surface area contributed by atoms with Gasteiger partial charge in [-0.2, -0.15) is 0 Å². The number of thioether (sulfide) groups is 1. The highest BCUT2D eigenvalue weighted by Gasteiger charge is 2.14. The van der Waals surface area contributed by atoms with E-state index in [1.54, 1.807) is 5.38 Å². The van der Waals surface area contributed by atoms with Crippen molar-refractivity contribution in [2.24, 2.45) is 0 Å². The standard InChI is InChI=1S/C13H9F2NO3S2/c14-8-2-1-7(5-9(8)15)21-6-11(17)16-10-3-4-20-12(10)13(18)19/h1-5H,6H2,(H,16,17)(H,18,19). The van der Waals surface area contributed by atoms with Crippen molar-refractivity contribution >= 4 is 40.7 Å². The minimum atomic E-state index is -1.12. The lowest BCUT2D eigenvalue weighted by Gasteiger charge is -2.05. The van der Waals surface area contributed by atoms with Crippen LogP contribution in [0, 0.1) is 11.6 Å². The lowest BCUT2D eigenvalue weighted by Crippen LogP contribution is -2.15. The van der Waals surface area contributed by atoms with Crippen LogP contribution in [0.4, 0.5) is 14.5 Å². The zero-order valence-corrected chi connectivity index (χ0v) is 12.1. The van der Waals surface area contributed by atoms with E-state index in [9.17, 15) is 18.4 Å². The Morgan fingerprint density at radius 3 is 2.67 bits per heavy atom. The number of nitrogens with one attached hydrogen (secondary N) is 1. The topological polar surface area (TPSA) is 66.4 Å². The van der Waals surface area contributed by atoms with E-state index in [-0.39, 0.29) is 16.3 Å². The average molecular weight is 329 g/mol. The second-order valence-corrected chi connectivity index (χ2v) is 5.85. The van der Waals surface area contributed by atoms with E-state index >= 15 is 0 Å². The van der Waals surface area contributed by atoms with Crippen molar-refractivity contribution in [2.75, 3.05) is 11.1 Å². The van der Waals surface area contributed by atoms with E-state index in [0.29, 0.717) is 4.90 Å². The van der Waals surface area contributed by atoms with Gasteiger partial charge in [0.25, 0.3) is 0 Å². The first-order valence-electron chi connectivity index (χ1n) is 5.66. The molecule has 0 fully saturated rings. The zero-order chi connectivity index (χ0) is 15.4. The Morgan fingerprint density at radius 2 is 2.00 bits per heavy atom.